The number of hydrogen-bond acceptors (Lipinski definition) is 3. The maximum absolute atomic E-state index is 8.80. The molecule has 1 rings (SSSR count). The minimum Gasteiger partial charge on any atom is -0.311 e. The van der Waals surface area contributed by atoms with Crippen molar-refractivity contribution in [1.82, 2.24) is 5.32 Å². The second-order valence-electron chi connectivity index (χ2n) is 3.71. The molecular weight excluding hydrogens is 216 g/mol. The fourth-order valence-electron chi connectivity index (χ4n) is 1.42. The molecule has 1 unspecified atom stereocenters. The molecule has 1 aromatic carbocycles. The maximum Gasteiger partial charge on any atom is 0.0669 e. The number of nitriles is 1. The number of nitrogens with one attached hydrogen (secondary N) is 1. The third-order valence-corrected chi connectivity index (χ3v) is 3.30. The van der Waals surface area contributed by atoms with Crippen molar-refractivity contribution in [2.45, 2.75) is 24.8 Å². The largest absolute Gasteiger partial charge is 0.311 e. The summed E-state index contributed by atoms with van der Waals surface area (Å²) in [6, 6.07) is 10.8. The molecule has 16 heavy (non-hydrogen) atoms. The van der Waals surface area contributed by atoms with E-state index < -0.39 is 0 Å². The van der Waals surface area contributed by atoms with Crippen LogP contribution in [0.15, 0.2) is 29.2 Å². The highest BCUT2D eigenvalue weighted by atomic mass is 32.2. The quantitative estimate of drug-likeness (QED) is 0.768. The molecule has 1 N–H and O–H groups in total. The van der Waals surface area contributed by atoms with Gasteiger partial charge in [0, 0.05) is 18.0 Å². The van der Waals surface area contributed by atoms with E-state index in [2.05, 4.69) is 41.9 Å². The predicted octanol–water partition coefficient (Wildman–Crippen LogP) is 3.05. The lowest BCUT2D eigenvalue weighted by Gasteiger charge is -2.08. The SMILES string of the molecule is CCC(C#N)CNCc1ccc(SC)cc1. The third-order valence-electron chi connectivity index (χ3n) is 2.55. The standard InChI is InChI=1S/C13H18N2S/c1-3-11(8-14)9-15-10-12-4-6-13(16-2)7-5-12/h4-7,11,15H,3,9-10H2,1-2H3. The number of benzene rings is 1. The molecule has 3 heteroatoms. The van der Waals surface area contributed by atoms with Gasteiger partial charge in [-0.3, -0.25) is 0 Å². The van der Waals surface area contributed by atoms with Gasteiger partial charge in [0.1, 0.15) is 0 Å². The fourth-order valence-corrected chi connectivity index (χ4v) is 1.82. The minimum absolute atomic E-state index is 0.130. The Morgan fingerprint density at radius 2 is 2.06 bits per heavy atom. The second kappa shape index (κ2) is 7.32. The summed E-state index contributed by atoms with van der Waals surface area (Å²) >= 11 is 1.75. The Balaban J connectivity index is 2.34. The van der Waals surface area contributed by atoms with Crippen LogP contribution in [0.2, 0.25) is 0 Å². The topological polar surface area (TPSA) is 35.8 Å². The lowest BCUT2D eigenvalue weighted by molar-refractivity contribution is 0.553. The van der Waals surface area contributed by atoms with E-state index in [-0.39, 0.29) is 5.92 Å². The van der Waals surface area contributed by atoms with E-state index in [1.807, 2.05) is 6.92 Å². The number of rotatable bonds is 6. The zero-order valence-electron chi connectivity index (χ0n) is 9.86. The van der Waals surface area contributed by atoms with E-state index in [1.165, 1.54) is 10.5 Å². The average Bonchev–Trinajstić information content (AvgIpc) is 2.35. The summed E-state index contributed by atoms with van der Waals surface area (Å²) in [6.07, 6.45) is 2.99. The summed E-state index contributed by atoms with van der Waals surface area (Å²) in [6.45, 7) is 3.66. The van der Waals surface area contributed by atoms with Gasteiger partial charge in [-0.05, 0) is 30.4 Å². The van der Waals surface area contributed by atoms with Crippen LogP contribution < -0.4 is 5.32 Å². The van der Waals surface area contributed by atoms with E-state index in [1.54, 1.807) is 11.8 Å². The molecule has 0 heterocycles. The van der Waals surface area contributed by atoms with Crippen LogP contribution in [0.3, 0.4) is 0 Å². The summed E-state index contributed by atoms with van der Waals surface area (Å²) in [4.78, 5) is 1.28. The third kappa shape index (κ3) is 4.26. The van der Waals surface area contributed by atoms with Crippen molar-refractivity contribution in [1.29, 1.82) is 5.26 Å². The van der Waals surface area contributed by atoms with Gasteiger partial charge in [0.2, 0.25) is 0 Å². The summed E-state index contributed by atoms with van der Waals surface area (Å²) in [5.74, 6) is 0.130. The zero-order valence-corrected chi connectivity index (χ0v) is 10.7. The monoisotopic (exact) mass is 234 g/mol. The Morgan fingerprint density at radius 1 is 1.38 bits per heavy atom. The van der Waals surface area contributed by atoms with Crippen LogP contribution in [0, 0.1) is 17.2 Å². The molecule has 0 aliphatic carbocycles. The summed E-state index contributed by atoms with van der Waals surface area (Å²) in [5, 5.41) is 12.1. The molecule has 1 aromatic rings. The molecule has 86 valence electrons. The van der Waals surface area contributed by atoms with E-state index in [4.69, 9.17) is 5.26 Å². The summed E-state index contributed by atoms with van der Waals surface area (Å²) in [5.41, 5.74) is 1.27. The molecule has 0 fully saturated rings. The van der Waals surface area contributed by atoms with Gasteiger partial charge in [-0.1, -0.05) is 19.1 Å². The minimum atomic E-state index is 0.130. The van der Waals surface area contributed by atoms with Crippen LogP contribution in [-0.4, -0.2) is 12.8 Å². The van der Waals surface area contributed by atoms with Crippen LogP contribution in [0.25, 0.3) is 0 Å². The highest BCUT2D eigenvalue weighted by Crippen LogP contribution is 2.14. The van der Waals surface area contributed by atoms with Crippen LogP contribution in [0.4, 0.5) is 0 Å². The molecular formula is C13H18N2S. The molecule has 0 saturated carbocycles. The molecule has 0 radical (unpaired) electrons. The number of thioether (sulfide) groups is 1. The first-order valence-corrected chi connectivity index (χ1v) is 6.76. The molecule has 0 aliphatic rings. The Morgan fingerprint density at radius 3 is 2.56 bits per heavy atom. The van der Waals surface area contributed by atoms with Gasteiger partial charge in [0.25, 0.3) is 0 Å². The molecule has 0 aromatic heterocycles. The fraction of sp³-hybridized carbons (Fsp3) is 0.462. The van der Waals surface area contributed by atoms with Crippen molar-refractivity contribution < 1.29 is 0 Å². The van der Waals surface area contributed by atoms with Crippen LogP contribution >= 0.6 is 11.8 Å². The van der Waals surface area contributed by atoms with E-state index in [0.29, 0.717) is 0 Å². The van der Waals surface area contributed by atoms with E-state index in [0.717, 1.165) is 19.5 Å². The molecule has 0 saturated heterocycles. The van der Waals surface area contributed by atoms with Gasteiger partial charge in [-0.15, -0.1) is 11.8 Å². The Kier molecular flexibility index (Phi) is 5.99. The smallest absolute Gasteiger partial charge is 0.0669 e. The summed E-state index contributed by atoms with van der Waals surface area (Å²) < 4.78 is 0. The maximum atomic E-state index is 8.80. The lowest BCUT2D eigenvalue weighted by atomic mass is 10.1. The van der Waals surface area contributed by atoms with Crippen molar-refractivity contribution >= 4 is 11.8 Å². The molecule has 0 spiro atoms. The van der Waals surface area contributed by atoms with Gasteiger partial charge < -0.3 is 5.32 Å². The summed E-state index contributed by atoms with van der Waals surface area (Å²) in [7, 11) is 0. The van der Waals surface area contributed by atoms with Crippen molar-refractivity contribution in [3.8, 4) is 6.07 Å². The van der Waals surface area contributed by atoms with E-state index >= 15 is 0 Å². The lowest BCUT2D eigenvalue weighted by Crippen LogP contribution is -2.21. The van der Waals surface area contributed by atoms with Gasteiger partial charge in [0.05, 0.1) is 12.0 Å². The van der Waals surface area contributed by atoms with Crippen molar-refractivity contribution in [3.05, 3.63) is 29.8 Å². The van der Waals surface area contributed by atoms with Gasteiger partial charge >= 0.3 is 0 Å². The zero-order chi connectivity index (χ0) is 11.8. The van der Waals surface area contributed by atoms with Crippen LogP contribution in [-0.2, 0) is 6.54 Å². The molecule has 2 nitrogen and oxygen atoms in total. The normalized spacial score (nSPS) is 12.1. The van der Waals surface area contributed by atoms with Crippen molar-refractivity contribution in [2.75, 3.05) is 12.8 Å². The van der Waals surface area contributed by atoms with Crippen molar-refractivity contribution in [2.24, 2.45) is 5.92 Å². The second-order valence-corrected chi connectivity index (χ2v) is 4.59. The number of hydrogen-bond donors (Lipinski definition) is 1. The first kappa shape index (κ1) is 13.1. The first-order chi connectivity index (χ1) is 7.80. The van der Waals surface area contributed by atoms with E-state index in [9.17, 15) is 0 Å². The highest BCUT2D eigenvalue weighted by molar-refractivity contribution is 7.98. The molecule has 0 aliphatic heterocycles. The number of nitrogens with zero attached hydrogens (tertiary/aromatic N) is 1. The first-order valence-electron chi connectivity index (χ1n) is 5.53. The van der Waals surface area contributed by atoms with Gasteiger partial charge in [0.15, 0.2) is 0 Å². The van der Waals surface area contributed by atoms with Gasteiger partial charge in [-0.2, -0.15) is 5.26 Å². The van der Waals surface area contributed by atoms with Gasteiger partial charge in [-0.25, -0.2) is 0 Å². The van der Waals surface area contributed by atoms with Crippen molar-refractivity contribution in [3.63, 3.8) is 0 Å². The average molecular weight is 234 g/mol. The van der Waals surface area contributed by atoms with Crippen LogP contribution in [0.5, 0.6) is 0 Å². The molecule has 0 amide bonds. The molecule has 0 bridgehead atoms. The predicted molar refractivity (Wildman–Crippen MR) is 69.3 cm³/mol. The van der Waals surface area contributed by atoms with Crippen LogP contribution in [0.1, 0.15) is 18.9 Å². The Labute approximate surface area is 102 Å². The Bertz CT molecular complexity index is 340. The highest BCUT2D eigenvalue weighted by Gasteiger charge is 2.02. The molecule has 1 atom stereocenters. The Hall–Kier alpha value is -0.980.